The average Bonchev–Trinajstić information content (AvgIpc) is 2.55. The van der Waals surface area contributed by atoms with E-state index in [2.05, 4.69) is 5.16 Å². The first-order valence-corrected chi connectivity index (χ1v) is 12.2. The van der Waals surface area contributed by atoms with Crippen LogP contribution in [0.2, 0.25) is 0 Å². The van der Waals surface area contributed by atoms with E-state index in [1.807, 2.05) is 0 Å². The fraction of sp³-hybridized carbons (Fsp3) is 0.176. The van der Waals surface area contributed by atoms with Gasteiger partial charge >= 0.3 is 5.97 Å². The van der Waals surface area contributed by atoms with Crippen LogP contribution in [0.4, 0.5) is 0 Å². The van der Waals surface area contributed by atoms with Crippen molar-refractivity contribution >= 4 is 57.2 Å². The second kappa shape index (κ2) is 6.70. The smallest absolute Gasteiger partial charge is 0.318 e. The minimum absolute atomic E-state index is 0.0834. The van der Waals surface area contributed by atoms with Crippen molar-refractivity contribution in [3.8, 4) is 0 Å². The Morgan fingerprint density at radius 1 is 0.889 bits per heavy atom. The fourth-order valence-electron chi connectivity index (χ4n) is 2.50. The van der Waals surface area contributed by atoms with Gasteiger partial charge in [0.1, 0.15) is 5.36 Å². The van der Waals surface area contributed by atoms with Gasteiger partial charge in [-0.15, -0.1) is 11.3 Å². The lowest BCUT2D eigenvalue weighted by molar-refractivity contribution is -0.141. The zero-order valence-electron chi connectivity index (χ0n) is 14.6. The number of rotatable bonds is 3. The molecule has 0 saturated heterocycles. The topological polar surface area (TPSA) is 107 Å². The van der Waals surface area contributed by atoms with Crippen molar-refractivity contribution in [2.45, 2.75) is 16.7 Å². The van der Waals surface area contributed by atoms with Crippen LogP contribution in [0.1, 0.15) is 6.92 Å². The van der Waals surface area contributed by atoms with Gasteiger partial charge in [0.25, 0.3) is 0 Å². The molecule has 0 radical (unpaired) electrons. The van der Waals surface area contributed by atoms with Gasteiger partial charge in [0.2, 0.25) is 0 Å². The molecule has 0 saturated carbocycles. The van der Waals surface area contributed by atoms with E-state index in [9.17, 15) is 21.6 Å². The Labute approximate surface area is 159 Å². The van der Waals surface area contributed by atoms with E-state index in [0.29, 0.717) is 20.2 Å². The average molecular weight is 426 g/mol. The summed E-state index contributed by atoms with van der Waals surface area (Å²) in [7, 11) is -6.94. The van der Waals surface area contributed by atoms with Crippen LogP contribution in [-0.4, -0.2) is 35.3 Å². The summed E-state index contributed by atoms with van der Waals surface area (Å²) in [6, 6.07) is 9.15. The van der Waals surface area contributed by atoms with E-state index in [1.165, 1.54) is 42.5 Å². The number of hydrogen-bond acceptors (Lipinski definition) is 8. The Morgan fingerprint density at radius 3 is 1.70 bits per heavy atom. The third-order valence-electron chi connectivity index (χ3n) is 3.75. The van der Waals surface area contributed by atoms with Crippen LogP contribution < -0.4 is 5.36 Å². The molecule has 2 aromatic carbocycles. The van der Waals surface area contributed by atoms with Gasteiger partial charge in [-0.25, -0.2) is 21.6 Å². The lowest BCUT2D eigenvalue weighted by Crippen LogP contribution is -2.09. The summed E-state index contributed by atoms with van der Waals surface area (Å²) < 4.78 is 49.1. The number of benzene rings is 2. The highest BCUT2D eigenvalue weighted by molar-refractivity contribution is 7.91. The molecule has 0 aliphatic heterocycles. The summed E-state index contributed by atoms with van der Waals surface area (Å²) in [5.74, 6) is -0.651. The molecule has 1 aromatic heterocycles. The van der Waals surface area contributed by atoms with E-state index in [4.69, 9.17) is 4.84 Å². The third kappa shape index (κ3) is 4.02. The van der Waals surface area contributed by atoms with E-state index >= 15 is 0 Å². The standard InChI is InChI=1S/C17H15NO6S3/c1-10(19)24-18-17-13-8-11(26(2,20)21)4-6-15(13)25-16-7-5-12(9-14(16)17)27(3,22)23/h4-9H,1-3H3. The van der Waals surface area contributed by atoms with Gasteiger partial charge in [0.05, 0.1) is 9.79 Å². The molecule has 0 N–H and O–H groups in total. The van der Waals surface area contributed by atoms with Crippen molar-refractivity contribution < 1.29 is 26.5 Å². The third-order valence-corrected chi connectivity index (χ3v) is 7.13. The van der Waals surface area contributed by atoms with Crippen LogP contribution in [0, 0.1) is 0 Å². The molecule has 3 rings (SSSR count). The Morgan fingerprint density at radius 2 is 1.33 bits per heavy atom. The van der Waals surface area contributed by atoms with E-state index < -0.39 is 25.6 Å². The number of carbonyl (C=O) groups is 1. The number of fused-ring (bicyclic) bond motifs is 2. The molecule has 0 unspecified atom stereocenters. The Hall–Kier alpha value is -2.30. The van der Waals surface area contributed by atoms with Gasteiger partial charge in [-0.05, 0) is 36.4 Å². The molecule has 0 fully saturated rings. The van der Waals surface area contributed by atoms with Gasteiger partial charge in [-0.2, -0.15) is 0 Å². The first-order chi connectivity index (χ1) is 12.5. The Bertz CT molecular complexity index is 1280. The molecule has 0 spiro atoms. The van der Waals surface area contributed by atoms with Crippen molar-refractivity contribution in [2.24, 2.45) is 5.16 Å². The molecule has 0 amide bonds. The number of nitrogens with zero attached hydrogens (tertiary/aromatic N) is 1. The normalized spacial score (nSPS) is 12.3. The van der Waals surface area contributed by atoms with Gasteiger partial charge in [0.15, 0.2) is 19.7 Å². The van der Waals surface area contributed by atoms with Crippen LogP contribution in [0.3, 0.4) is 0 Å². The lowest BCUT2D eigenvalue weighted by atomic mass is 10.2. The van der Waals surface area contributed by atoms with Crippen LogP contribution in [0.5, 0.6) is 0 Å². The highest BCUT2D eigenvalue weighted by atomic mass is 32.2. The van der Waals surface area contributed by atoms with Crippen LogP contribution in [0.15, 0.2) is 51.3 Å². The van der Waals surface area contributed by atoms with Crippen molar-refractivity contribution in [2.75, 3.05) is 12.5 Å². The van der Waals surface area contributed by atoms with E-state index in [-0.39, 0.29) is 15.1 Å². The zero-order valence-corrected chi connectivity index (χ0v) is 17.0. The van der Waals surface area contributed by atoms with E-state index in [0.717, 1.165) is 12.5 Å². The monoisotopic (exact) mass is 425 g/mol. The van der Waals surface area contributed by atoms with Gasteiger partial charge in [0, 0.05) is 39.6 Å². The van der Waals surface area contributed by atoms with Crippen molar-refractivity contribution in [3.63, 3.8) is 0 Å². The number of sulfone groups is 2. The second-order valence-corrected chi connectivity index (χ2v) is 11.1. The second-order valence-electron chi connectivity index (χ2n) is 5.99. The Kier molecular flexibility index (Phi) is 4.83. The van der Waals surface area contributed by atoms with Crippen LogP contribution >= 0.6 is 11.3 Å². The molecule has 142 valence electrons. The van der Waals surface area contributed by atoms with Crippen molar-refractivity contribution in [1.29, 1.82) is 0 Å². The van der Waals surface area contributed by atoms with Gasteiger partial charge in [-0.3, -0.25) is 0 Å². The molecule has 7 nitrogen and oxygen atoms in total. The Balaban J connectivity index is 2.52. The molecule has 0 aliphatic rings. The molecular weight excluding hydrogens is 410 g/mol. The summed E-state index contributed by atoms with van der Waals surface area (Å²) in [4.78, 5) is 16.2. The maximum absolute atomic E-state index is 11.9. The first-order valence-electron chi connectivity index (χ1n) is 7.59. The minimum Gasteiger partial charge on any atom is -0.318 e. The maximum Gasteiger partial charge on any atom is 0.332 e. The van der Waals surface area contributed by atoms with Gasteiger partial charge < -0.3 is 4.84 Å². The molecule has 27 heavy (non-hydrogen) atoms. The molecule has 0 bridgehead atoms. The highest BCUT2D eigenvalue weighted by Crippen LogP contribution is 2.28. The molecular formula is C17H15NO6S3. The maximum atomic E-state index is 11.9. The van der Waals surface area contributed by atoms with Crippen molar-refractivity contribution in [1.82, 2.24) is 0 Å². The predicted molar refractivity (Wildman–Crippen MR) is 103 cm³/mol. The zero-order chi connectivity index (χ0) is 20.0. The predicted octanol–water partition coefficient (Wildman–Crippen LogP) is 2.24. The number of carbonyl (C=O) groups excluding carboxylic acids is 1. The molecule has 1 heterocycles. The van der Waals surface area contributed by atoms with E-state index in [1.54, 1.807) is 12.1 Å². The molecule has 0 atom stereocenters. The minimum atomic E-state index is -3.47. The quantitative estimate of drug-likeness (QED) is 0.362. The summed E-state index contributed by atoms with van der Waals surface area (Å²) in [6.07, 6.45) is 2.17. The fourth-order valence-corrected chi connectivity index (χ4v) is 4.83. The molecule has 10 heteroatoms. The van der Waals surface area contributed by atoms with Crippen molar-refractivity contribution in [3.05, 3.63) is 41.8 Å². The first kappa shape index (κ1) is 19.5. The SMILES string of the molecule is CC(=O)ON=c1c2cc(S(C)(=O)=O)ccc2sc2ccc(S(C)(=O)=O)cc12. The summed E-state index contributed by atoms with van der Waals surface area (Å²) in [5.41, 5.74) is 0. The van der Waals surface area contributed by atoms with Crippen LogP contribution in [0.25, 0.3) is 20.2 Å². The largest absolute Gasteiger partial charge is 0.332 e. The van der Waals surface area contributed by atoms with Crippen LogP contribution in [-0.2, 0) is 29.3 Å². The summed E-state index contributed by atoms with van der Waals surface area (Å²) >= 11 is 1.35. The molecule has 0 aliphatic carbocycles. The summed E-state index contributed by atoms with van der Waals surface area (Å²) in [6.45, 7) is 1.18. The summed E-state index contributed by atoms with van der Waals surface area (Å²) in [5, 5.41) is 4.97. The lowest BCUT2D eigenvalue weighted by Gasteiger charge is -2.07. The highest BCUT2D eigenvalue weighted by Gasteiger charge is 2.14. The van der Waals surface area contributed by atoms with Gasteiger partial charge in [-0.1, -0.05) is 5.16 Å². The number of hydrogen-bond donors (Lipinski definition) is 0. The molecule has 3 aromatic rings.